The molecule has 5 heteroatoms. The summed E-state index contributed by atoms with van der Waals surface area (Å²) in [5, 5.41) is 33.7. The maximum atomic E-state index is 12.7. The maximum Gasteiger partial charge on any atom is 0.337 e. The van der Waals surface area contributed by atoms with Gasteiger partial charge < -0.3 is 20.4 Å². The number of rotatable bonds is 5. The van der Waals surface area contributed by atoms with Gasteiger partial charge >= 0.3 is 5.97 Å². The van der Waals surface area contributed by atoms with Gasteiger partial charge in [-0.25, -0.2) is 4.39 Å². The maximum absolute atomic E-state index is 12.7. The molecule has 0 aromatic heterocycles. The molecule has 0 aromatic carbocycles. The van der Waals surface area contributed by atoms with Crippen molar-refractivity contribution in [2.24, 2.45) is 0 Å². The summed E-state index contributed by atoms with van der Waals surface area (Å²) in [5.41, 5.74) is 0. The highest BCUT2D eigenvalue weighted by molar-refractivity contribution is 4.72. The predicted molar refractivity (Wildman–Crippen MR) is 39.6 cm³/mol. The molecule has 0 bridgehead atoms. The van der Waals surface area contributed by atoms with E-state index >= 15 is 0 Å². The number of hydrogen-bond acceptors (Lipinski definition) is 4. The average Bonchev–Trinajstić information content (AvgIpc) is 1.85. The lowest BCUT2D eigenvalue weighted by Gasteiger charge is -2.27. The van der Waals surface area contributed by atoms with Crippen LogP contribution < -0.4 is 0 Å². The normalized spacial score (nSPS) is 17.5. The molecule has 0 fully saturated rings. The number of hydrogen-bond donors (Lipinski definition) is 4. The zero-order chi connectivity index (χ0) is 9.83. The molecule has 74 valence electrons. The Kier molecular flexibility index (Phi) is 4.05. The monoisotopic (exact) mass is 182 g/mol. The quantitative estimate of drug-likeness (QED) is 0.352. The van der Waals surface area contributed by atoms with Gasteiger partial charge in [0.15, 0.2) is 0 Å². The van der Waals surface area contributed by atoms with Gasteiger partial charge in [-0.1, -0.05) is 19.8 Å². The van der Waals surface area contributed by atoms with Crippen molar-refractivity contribution in [2.45, 2.75) is 44.4 Å². The highest BCUT2D eigenvalue weighted by Crippen LogP contribution is 2.25. The minimum Gasteiger partial charge on any atom is -0.356 e. The highest BCUT2D eigenvalue weighted by atomic mass is 19.2. The first kappa shape index (κ1) is 11.8. The van der Waals surface area contributed by atoms with E-state index in [0.717, 1.165) is 6.42 Å². The molecule has 0 radical (unpaired) electrons. The van der Waals surface area contributed by atoms with Crippen molar-refractivity contribution < 1.29 is 24.8 Å². The van der Waals surface area contributed by atoms with Gasteiger partial charge in [-0.05, 0) is 6.42 Å². The first-order valence-corrected chi connectivity index (χ1v) is 3.89. The molecule has 0 heterocycles. The second-order valence-electron chi connectivity index (χ2n) is 2.85. The van der Waals surface area contributed by atoms with Gasteiger partial charge in [0, 0.05) is 6.42 Å². The second kappa shape index (κ2) is 4.13. The molecule has 0 saturated heterocycles. The van der Waals surface area contributed by atoms with Crippen molar-refractivity contribution in [3.63, 3.8) is 0 Å². The van der Waals surface area contributed by atoms with E-state index in [1.807, 2.05) is 6.92 Å². The van der Waals surface area contributed by atoms with Crippen LogP contribution in [0.1, 0.15) is 32.6 Å². The van der Waals surface area contributed by atoms with Crippen LogP contribution in [-0.2, 0) is 0 Å². The Balaban J connectivity index is 3.88. The van der Waals surface area contributed by atoms with Gasteiger partial charge in [-0.2, -0.15) is 0 Å². The molecule has 0 aromatic rings. The molecular formula is C7H15FO4. The van der Waals surface area contributed by atoms with Crippen molar-refractivity contribution in [1.29, 1.82) is 0 Å². The Morgan fingerprint density at radius 3 is 1.92 bits per heavy atom. The number of halogens is 1. The van der Waals surface area contributed by atoms with Gasteiger partial charge in [0.25, 0.3) is 5.85 Å². The third-order valence-corrected chi connectivity index (χ3v) is 1.63. The molecule has 0 aliphatic heterocycles. The van der Waals surface area contributed by atoms with Crippen LogP contribution in [0.5, 0.6) is 0 Å². The van der Waals surface area contributed by atoms with Crippen LogP contribution >= 0.6 is 0 Å². The van der Waals surface area contributed by atoms with E-state index in [4.69, 9.17) is 20.4 Å². The lowest BCUT2D eigenvalue weighted by molar-refractivity contribution is -0.426. The molecular weight excluding hydrogens is 167 g/mol. The van der Waals surface area contributed by atoms with E-state index in [2.05, 4.69) is 0 Å². The zero-order valence-electron chi connectivity index (χ0n) is 7.00. The summed E-state index contributed by atoms with van der Waals surface area (Å²) in [6, 6.07) is 0. The third kappa shape index (κ3) is 3.44. The van der Waals surface area contributed by atoms with E-state index in [-0.39, 0.29) is 6.42 Å². The molecule has 0 saturated carbocycles. The summed E-state index contributed by atoms with van der Waals surface area (Å²) >= 11 is 0. The zero-order valence-corrected chi connectivity index (χ0v) is 7.00. The van der Waals surface area contributed by atoms with Crippen molar-refractivity contribution in [1.82, 2.24) is 0 Å². The van der Waals surface area contributed by atoms with Gasteiger partial charge in [-0.3, -0.25) is 0 Å². The van der Waals surface area contributed by atoms with Crippen molar-refractivity contribution in [2.75, 3.05) is 0 Å². The molecule has 4 N–H and O–H groups in total. The Bertz CT molecular complexity index is 130. The fourth-order valence-corrected chi connectivity index (χ4v) is 0.777. The van der Waals surface area contributed by atoms with Crippen molar-refractivity contribution >= 4 is 0 Å². The van der Waals surface area contributed by atoms with E-state index in [1.54, 1.807) is 0 Å². The standard InChI is InChI=1S/C7H15FO4/c1-2-3-4-5-6(8,9)7(10,11)12/h9-12H,2-5H2,1H3. The van der Waals surface area contributed by atoms with Crippen LogP contribution in [0.4, 0.5) is 4.39 Å². The summed E-state index contributed by atoms with van der Waals surface area (Å²) in [4.78, 5) is 0. The molecule has 1 unspecified atom stereocenters. The second-order valence-corrected chi connectivity index (χ2v) is 2.85. The predicted octanol–water partition coefficient (Wildman–Crippen LogP) is -0.144. The number of unbranched alkanes of at least 4 members (excludes halogenated alkanes) is 2. The molecule has 0 spiro atoms. The minimum absolute atomic E-state index is 0.285. The molecule has 1 atom stereocenters. The van der Waals surface area contributed by atoms with Crippen LogP contribution in [0.3, 0.4) is 0 Å². The van der Waals surface area contributed by atoms with Crippen LogP contribution in [0.25, 0.3) is 0 Å². The number of aliphatic hydroxyl groups is 4. The SMILES string of the molecule is CCCCCC(O)(F)C(O)(O)O. The van der Waals surface area contributed by atoms with Gasteiger partial charge in [-0.15, -0.1) is 0 Å². The van der Waals surface area contributed by atoms with E-state index in [9.17, 15) is 4.39 Å². The van der Waals surface area contributed by atoms with E-state index in [0.29, 0.717) is 6.42 Å². The Hall–Kier alpha value is -0.230. The lowest BCUT2D eigenvalue weighted by atomic mass is 10.1. The minimum atomic E-state index is -3.67. The lowest BCUT2D eigenvalue weighted by Crippen LogP contribution is -2.51. The molecule has 12 heavy (non-hydrogen) atoms. The summed E-state index contributed by atoms with van der Waals surface area (Å²) in [6.45, 7) is 1.88. The Morgan fingerprint density at radius 2 is 1.58 bits per heavy atom. The highest BCUT2D eigenvalue weighted by Gasteiger charge is 2.47. The molecule has 0 aliphatic rings. The van der Waals surface area contributed by atoms with E-state index in [1.165, 1.54) is 0 Å². The summed E-state index contributed by atoms with van der Waals surface area (Å²) in [6.07, 6.45) is 1.25. The molecule has 0 amide bonds. The van der Waals surface area contributed by atoms with Crippen molar-refractivity contribution in [3.05, 3.63) is 0 Å². The molecule has 4 nitrogen and oxygen atoms in total. The summed E-state index contributed by atoms with van der Waals surface area (Å²) in [7, 11) is 0. The summed E-state index contributed by atoms with van der Waals surface area (Å²) in [5.74, 6) is -7.01. The van der Waals surface area contributed by atoms with Crippen molar-refractivity contribution in [3.8, 4) is 0 Å². The molecule has 0 aliphatic carbocycles. The Morgan fingerprint density at radius 1 is 1.08 bits per heavy atom. The van der Waals surface area contributed by atoms with Crippen LogP contribution in [-0.4, -0.2) is 32.3 Å². The van der Waals surface area contributed by atoms with Gasteiger partial charge in [0.1, 0.15) is 0 Å². The number of alkyl halides is 1. The smallest absolute Gasteiger partial charge is 0.337 e. The fourth-order valence-electron chi connectivity index (χ4n) is 0.777. The van der Waals surface area contributed by atoms with E-state index < -0.39 is 18.2 Å². The fraction of sp³-hybridized carbons (Fsp3) is 1.00. The van der Waals surface area contributed by atoms with Gasteiger partial charge in [0.2, 0.25) is 0 Å². The summed E-state index contributed by atoms with van der Waals surface area (Å²) < 4.78 is 12.7. The largest absolute Gasteiger partial charge is 0.356 e. The average molecular weight is 182 g/mol. The first-order chi connectivity index (χ1) is 5.31. The molecule has 0 rings (SSSR count). The van der Waals surface area contributed by atoms with Crippen LogP contribution in [0.15, 0.2) is 0 Å². The van der Waals surface area contributed by atoms with Crippen LogP contribution in [0, 0.1) is 0 Å². The van der Waals surface area contributed by atoms with Gasteiger partial charge in [0.05, 0.1) is 0 Å². The Labute approximate surface area is 70.3 Å². The third-order valence-electron chi connectivity index (χ3n) is 1.63. The topological polar surface area (TPSA) is 80.9 Å². The van der Waals surface area contributed by atoms with Crippen LogP contribution in [0.2, 0.25) is 0 Å². The first-order valence-electron chi connectivity index (χ1n) is 3.89.